The summed E-state index contributed by atoms with van der Waals surface area (Å²) in [5.41, 5.74) is 11.4. The summed E-state index contributed by atoms with van der Waals surface area (Å²) in [5, 5.41) is 3.26. The molecule has 0 spiro atoms. The average Bonchev–Trinajstić information content (AvgIpc) is 3.34. The molecule has 160 valence electrons. The molecule has 3 heterocycles. The summed E-state index contributed by atoms with van der Waals surface area (Å²) >= 11 is 1.59. The molecule has 0 radical (unpaired) electrons. The molecule has 3 aliphatic rings. The number of nitrogens with one attached hydrogen (secondary N) is 1. The fraction of sp³-hybridized carbons (Fsp3) is 0.722. The first-order valence-corrected chi connectivity index (χ1v) is 10.9. The lowest BCUT2D eigenvalue weighted by Gasteiger charge is -2.32. The molecule has 0 saturated carbocycles. The number of thioether (sulfide) groups is 1. The van der Waals surface area contributed by atoms with Crippen LogP contribution in [0, 0.1) is 0 Å². The third kappa shape index (κ3) is 4.62. The minimum absolute atomic E-state index is 0.0482. The smallest absolute Gasteiger partial charge is 0.270 e. The molecule has 0 aromatic rings. The van der Waals surface area contributed by atoms with Crippen LogP contribution in [-0.2, 0) is 19.2 Å². The van der Waals surface area contributed by atoms with Crippen molar-refractivity contribution in [2.45, 2.75) is 61.2 Å². The molecule has 0 bridgehead atoms. The highest BCUT2D eigenvalue weighted by atomic mass is 32.2. The number of hydrogen-bond acceptors (Lipinski definition) is 7. The molecule has 0 aliphatic carbocycles. The number of amides is 4. The predicted octanol–water partition coefficient (Wildman–Crippen LogP) is -1.57. The summed E-state index contributed by atoms with van der Waals surface area (Å²) in [7, 11) is 0. The van der Waals surface area contributed by atoms with Crippen molar-refractivity contribution >= 4 is 41.7 Å². The molecule has 5 atom stereocenters. The number of carbonyl (C=O) groups is 4. The molecule has 5 N–H and O–H groups in total. The average molecular weight is 425 g/mol. The van der Waals surface area contributed by atoms with Gasteiger partial charge >= 0.3 is 0 Å². The second kappa shape index (κ2) is 9.23. The normalized spacial score (nSPS) is 30.6. The van der Waals surface area contributed by atoms with E-state index in [0.29, 0.717) is 31.2 Å². The third-order valence-electron chi connectivity index (χ3n) is 5.63. The van der Waals surface area contributed by atoms with Crippen molar-refractivity contribution in [2.75, 3.05) is 19.6 Å². The molecule has 3 unspecified atom stereocenters. The van der Waals surface area contributed by atoms with E-state index < -0.39 is 35.8 Å². The van der Waals surface area contributed by atoms with Gasteiger partial charge in [-0.25, -0.2) is 4.99 Å². The van der Waals surface area contributed by atoms with Gasteiger partial charge in [-0.05, 0) is 19.3 Å². The largest absolute Gasteiger partial charge is 0.368 e. The van der Waals surface area contributed by atoms with Crippen molar-refractivity contribution in [3.8, 4) is 0 Å². The van der Waals surface area contributed by atoms with Crippen LogP contribution in [0.3, 0.4) is 0 Å². The first kappa shape index (κ1) is 21.7. The fourth-order valence-electron chi connectivity index (χ4n) is 3.97. The maximum absolute atomic E-state index is 13.0. The number of hydrogen-bond donors (Lipinski definition) is 3. The monoisotopic (exact) mass is 424 g/mol. The fourth-order valence-corrected chi connectivity index (χ4v) is 5.29. The van der Waals surface area contributed by atoms with Gasteiger partial charge in [0.15, 0.2) is 0 Å². The predicted molar refractivity (Wildman–Crippen MR) is 109 cm³/mol. The maximum atomic E-state index is 13.0. The van der Waals surface area contributed by atoms with Gasteiger partial charge < -0.3 is 21.7 Å². The Bertz CT molecular complexity index is 716. The summed E-state index contributed by atoms with van der Waals surface area (Å²) in [6.07, 6.45) is 3.31. The van der Waals surface area contributed by atoms with E-state index in [4.69, 9.17) is 11.5 Å². The number of rotatable bonds is 6. The third-order valence-corrected chi connectivity index (χ3v) is 7.21. The molecular weight excluding hydrogens is 396 g/mol. The van der Waals surface area contributed by atoms with E-state index in [9.17, 15) is 19.2 Å². The molecule has 0 aromatic heterocycles. The Morgan fingerprint density at radius 2 is 2.14 bits per heavy atom. The van der Waals surface area contributed by atoms with Crippen LogP contribution in [0.25, 0.3) is 0 Å². The van der Waals surface area contributed by atoms with Gasteiger partial charge in [0.2, 0.25) is 17.7 Å². The summed E-state index contributed by atoms with van der Waals surface area (Å²) in [5.74, 6) is -1.70. The summed E-state index contributed by atoms with van der Waals surface area (Å²) in [6, 6.07) is -2.60. The maximum Gasteiger partial charge on any atom is 0.270 e. The van der Waals surface area contributed by atoms with Crippen LogP contribution in [0.4, 0.5) is 0 Å². The highest BCUT2D eigenvalue weighted by Crippen LogP contribution is 2.27. The van der Waals surface area contributed by atoms with E-state index in [1.54, 1.807) is 11.8 Å². The molecule has 2 fully saturated rings. The highest BCUT2D eigenvalue weighted by molar-refractivity contribution is 8.01. The highest BCUT2D eigenvalue weighted by Gasteiger charge is 2.42. The van der Waals surface area contributed by atoms with E-state index in [-0.39, 0.29) is 17.6 Å². The number of nitrogens with two attached hydrogens (primary N) is 2. The zero-order valence-corrected chi connectivity index (χ0v) is 17.3. The van der Waals surface area contributed by atoms with Gasteiger partial charge in [-0.3, -0.25) is 24.1 Å². The minimum Gasteiger partial charge on any atom is -0.368 e. The van der Waals surface area contributed by atoms with E-state index >= 15 is 0 Å². The molecule has 0 aromatic carbocycles. The zero-order chi connectivity index (χ0) is 21.1. The van der Waals surface area contributed by atoms with Crippen LogP contribution in [0.5, 0.6) is 0 Å². The zero-order valence-electron chi connectivity index (χ0n) is 16.5. The van der Waals surface area contributed by atoms with Crippen LogP contribution in [0.15, 0.2) is 4.99 Å². The van der Waals surface area contributed by atoms with Gasteiger partial charge in [-0.15, -0.1) is 11.8 Å². The van der Waals surface area contributed by atoms with E-state index in [1.165, 1.54) is 16.1 Å². The topological polar surface area (TPSA) is 151 Å². The molecular formula is C18H28N6O4S. The van der Waals surface area contributed by atoms with Crippen LogP contribution in [0.1, 0.15) is 32.6 Å². The lowest BCUT2D eigenvalue weighted by molar-refractivity contribution is -0.139. The molecule has 3 aliphatic heterocycles. The standard InChI is InChI=1S/C18H28N6O4S/c1-2-10-7-21-8-14(29-10)18(28)24-9-22-16(26)13(24)6-11(19)17(27)23-5-3-4-12(23)15(20)25/h9-14,21H,2-8,19H2,1H3,(H2,20,25)/t10?,11-,12-,13?,14?/m0/s1. The van der Waals surface area contributed by atoms with E-state index in [1.807, 2.05) is 0 Å². The van der Waals surface area contributed by atoms with Crippen molar-refractivity contribution in [2.24, 2.45) is 16.5 Å². The van der Waals surface area contributed by atoms with Gasteiger partial charge in [0, 0.05) is 31.3 Å². The number of nitrogens with zero attached hydrogens (tertiary/aromatic N) is 3. The van der Waals surface area contributed by atoms with Crippen LogP contribution < -0.4 is 16.8 Å². The van der Waals surface area contributed by atoms with Gasteiger partial charge in [0.1, 0.15) is 18.4 Å². The summed E-state index contributed by atoms with van der Waals surface area (Å²) < 4.78 is 0. The van der Waals surface area contributed by atoms with Crippen LogP contribution in [0.2, 0.25) is 0 Å². The van der Waals surface area contributed by atoms with Crippen LogP contribution in [-0.4, -0.2) is 88.0 Å². The molecule has 10 nitrogen and oxygen atoms in total. The molecule has 3 rings (SSSR count). The van der Waals surface area contributed by atoms with Crippen LogP contribution >= 0.6 is 11.8 Å². The molecule has 11 heteroatoms. The molecule has 2 saturated heterocycles. The van der Waals surface area contributed by atoms with E-state index in [0.717, 1.165) is 13.0 Å². The Morgan fingerprint density at radius 1 is 1.38 bits per heavy atom. The summed E-state index contributed by atoms with van der Waals surface area (Å²) in [4.78, 5) is 56.0. The van der Waals surface area contributed by atoms with E-state index in [2.05, 4.69) is 17.2 Å². The number of primary amides is 1. The Labute approximate surface area is 173 Å². The Morgan fingerprint density at radius 3 is 2.83 bits per heavy atom. The minimum atomic E-state index is -1.03. The van der Waals surface area contributed by atoms with Gasteiger partial charge in [0.05, 0.1) is 11.3 Å². The number of likely N-dealkylation sites (tertiary alicyclic amines) is 1. The first-order valence-electron chi connectivity index (χ1n) is 9.95. The van der Waals surface area contributed by atoms with Gasteiger partial charge in [-0.1, -0.05) is 6.92 Å². The van der Waals surface area contributed by atoms with Crippen molar-refractivity contribution in [1.29, 1.82) is 0 Å². The molecule has 4 amide bonds. The molecule has 29 heavy (non-hydrogen) atoms. The Balaban J connectivity index is 1.65. The summed E-state index contributed by atoms with van der Waals surface area (Å²) in [6.45, 7) is 3.83. The second-order valence-corrected chi connectivity index (χ2v) is 9.10. The number of carbonyl (C=O) groups excluding carboxylic acids is 4. The van der Waals surface area contributed by atoms with Crippen molar-refractivity contribution < 1.29 is 19.2 Å². The SMILES string of the molecule is CCC1CNCC(C(=O)N2C=NC(=O)C2C[C@H](N)C(=O)N2CCC[C@H]2C(N)=O)S1. The van der Waals surface area contributed by atoms with Crippen molar-refractivity contribution in [3.63, 3.8) is 0 Å². The first-order chi connectivity index (χ1) is 13.8. The second-order valence-electron chi connectivity index (χ2n) is 7.59. The van der Waals surface area contributed by atoms with Gasteiger partial charge in [-0.2, -0.15) is 0 Å². The quantitative estimate of drug-likeness (QED) is 0.466. The van der Waals surface area contributed by atoms with Crippen molar-refractivity contribution in [3.05, 3.63) is 0 Å². The number of aliphatic imine (C=N–C) groups is 1. The lowest BCUT2D eigenvalue weighted by atomic mass is 10.0. The Kier molecular flexibility index (Phi) is 6.91. The van der Waals surface area contributed by atoms with Crippen molar-refractivity contribution in [1.82, 2.24) is 15.1 Å². The Hall–Kier alpha value is -1.98. The lowest BCUT2D eigenvalue weighted by Crippen LogP contribution is -2.54. The van der Waals surface area contributed by atoms with Gasteiger partial charge in [0.25, 0.3) is 5.91 Å².